The highest BCUT2D eigenvalue weighted by Gasteiger charge is 2.21. The highest BCUT2D eigenvalue weighted by atomic mass is 15.2. The first-order chi connectivity index (χ1) is 7.34. The Bertz CT molecular complexity index is 476. The van der Waals surface area contributed by atoms with Crippen molar-refractivity contribution in [1.82, 2.24) is 15.0 Å². The number of hydrogen-bond acceptors (Lipinski definition) is 3. The van der Waals surface area contributed by atoms with Crippen LogP contribution in [0.3, 0.4) is 0 Å². The van der Waals surface area contributed by atoms with Gasteiger partial charge in [-0.15, -0.1) is 0 Å². The maximum Gasteiger partial charge on any atom is 0.142 e. The van der Waals surface area contributed by atoms with E-state index in [1.807, 2.05) is 12.3 Å². The van der Waals surface area contributed by atoms with E-state index >= 15 is 0 Å². The third-order valence-corrected chi connectivity index (χ3v) is 3.06. The van der Waals surface area contributed by atoms with E-state index in [9.17, 15) is 0 Å². The molecule has 1 N–H and O–H groups in total. The van der Waals surface area contributed by atoms with E-state index in [-0.39, 0.29) is 0 Å². The monoisotopic (exact) mass is 202 g/mol. The molecule has 15 heavy (non-hydrogen) atoms. The molecule has 78 valence electrons. The lowest BCUT2D eigenvalue weighted by Crippen LogP contribution is -2.20. The molecule has 3 rings (SSSR count). The Morgan fingerprint density at radius 2 is 2.40 bits per heavy atom. The summed E-state index contributed by atoms with van der Waals surface area (Å²) in [5, 5.41) is 1.13. The number of rotatable bonds is 1. The Labute approximate surface area is 88.3 Å². The Kier molecular flexibility index (Phi) is 1.87. The summed E-state index contributed by atoms with van der Waals surface area (Å²) < 4.78 is 0. The highest BCUT2D eigenvalue weighted by Crippen LogP contribution is 2.26. The standard InChI is InChI=1S/C11H14N4/c1-8-3-5-15(6-8)11-9-2-4-12-10(9)13-7-14-11/h2,4,7-8H,3,5-6H2,1H3,(H,12,13,14)/t8-/m1/s1. The molecule has 4 nitrogen and oxygen atoms in total. The number of aromatic nitrogens is 3. The molecule has 2 aromatic heterocycles. The van der Waals surface area contributed by atoms with Gasteiger partial charge in [0.1, 0.15) is 17.8 Å². The summed E-state index contributed by atoms with van der Waals surface area (Å²) in [4.78, 5) is 14.1. The van der Waals surface area contributed by atoms with Crippen molar-refractivity contribution in [3.05, 3.63) is 18.6 Å². The second-order valence-corrected chi connectivity index (χ2v) is 4.28. The number of H-pyrrole nitrogens is 1. The van der Waals surface area contributed by atoms with Gasteiger partial charge in [0.2, 0.25) is 0 Å². The van der Waals surface area contributed by atoms with Crippen molar-refractivity contribution in [2.24, 2.45) is 5.92 Å². The molecule has 0 aromatic carbocycles. The Balaban J connectivity index is 2.06. The minimum Gasteiger partial charge on any atom is -0.356 e. The minimum atomic E-state index is 0.772. The highest BCUT2D eigenvalue weighted by molar-refractivity contribution is 5.87. The van der Waals surface area contributed by atoms with E-state index in [0.717, 1.165) is 35.9 Å². The summed E-state index contributed by atoms with van der Waals surface area (Å²) in [5.74, 6) is 1.85. The van der Waals surface area contributed by atoms with Gasteiger partial charge in [0.05, 0.1) is 5.39 Å². The molecule has 3 heterocycles. The second-order valence-electron chi connectivity index (χ2n) is 4.28. The lowest BCUT2D eigenvalue weighted by molar-refractivity contribution is 0.659. The Morgan fingerprint density at radius 3 is 3.20 bits per heavy atom. The van der Waals surface area contributed by atoms with Gasteiger partial charge in [-0.2, -0.15) is 0 Å². The molecule has 0 radical (unpaired) electrons. The van der Waals surface area contributed by atoms with Crippen molar-refractivity contribution in [1.29, 1.82) is 0 Å². The molecule has 1 saturated heterocycles. The van der Waals surface area contributed by atoms with E-state index in [4.69, 9.17) is 0 Å². The minimum absolute atomic E-state index is 0.772. The third-order valence-electron chi connectivity index (χ3n) is 3.06. The van der Waals surface area contributed by atoms with E-state index < -0.39 is 0 Å². The van der Waals surface area contributed by atoms with Gasteiger partial charge in [-0.25, -0.2) is 9.97 Å². The number of nitrogens with one attached hydrogen (secondary N) is 1. The predicted molar refractivity (Wildman–Crippen MR) is 59.9 cm³/mol. The van der Waals surface area contributed by atoms with Gasteiger partial charge in [0.25, 0.3) is 0 Å². The smallest absolute Gasteiger partial charge is 0.142 e. The molecule has 1 fully saturated rings. The van der Waals surface area contributed by atoms with Crippen LogP contribution in [0.1, 0.15) is 13.3 Å². The molecule has 0 unspecified atom stereocenters. The van der Waals surface area contributed by atoms with E-state index in [0.29, 0.717) is 0 Å². The van der Waals surface area contributed by atoms with Gasteiger partial charge in [0, 0.05) is 19.3 Å². The number of aromatic amines is 1. The molecule has 4 heteroatoms. The molecule has 0 amide bonds. The number of hydrogen-bond donors (Lipinski definition) is 1. The van der Waals surface area contributed by atoms with Crippen LogP contribution >= 0.6 is 0 Å². The lowest BCUT2D eigenvalue weighted by Gasteiger charge is -2.17. The van der Waals surface area contributed by atoms with Crippen molar-refractivity contribution >= 4 is 16.9 Å². The molecule has 0 saturated carbocycles. The van der Waals surface area contributed by atoms with Crippen LogP contribution < -0.4 is 4.90 Å². The zero-order valence-corrected chi connectivity index (χ0v) is 8.77. The summed E-state index contributed by atoms with van der Waals surface area (Å²) in [5.41, 5.74) is 0.930. The topological polar surface area (TPSA) is 44.8 Å². The molecule has 0 bridgehead atoms. The van der Waals surface area contributed by atoms with E-state index in [2.05, 4.69) is 26.8 Å². The van der Waals surface area contributed by atoms with Crippen molar-refractivity contribution < 1.29 is 0 Å². The van der Waals surface area contributed by atoms with Crippen LogP contribution in [0.25, 0.3) is 11.0 Å². The van der Waals surface area contributed by atoms with E-state index in [1.165, 1.54) is 6.42 Å². The Morgan fingerprint density at radius 1 is 1.47 bits per heavy atom. The first-order valence-corrected chi connectivity index (χ1v) is 5.37. The van der Waals surface area contributed by atoms with Crippen LogP contribution in [0, 0.1) is 5.92 Å². The fraction of sp³-hybridized carbons (Fsp3) is 0.455. The van der Waals surface area contributed by atoms with Gasteiger partial charge in [0.15, 0.2) is 0 Å². The zero-order valence-electron chi connectivity index (χ0n) is 8.77. The molecule has 0 spiro atoms. The van der Waals surface area contributed by atoms with Crippen LogP contribution in [0.15, 0.2) is 18.6 Å². The maximum atomic E-state index is 4.39. The first-order valence-electron chi connectivity index (χ1n) is 5.37. The van der Waals surface area contributed by atoms with Crippen LogP contribution in [0.2, 0.25) is 0 Å². The molecule has 0 aliphatic carbocycles. The number of anilines is 1. The largest absolute Gasteiger partial charge is 0.356 e. The molecular formula is C11H14N4. The van der Waals surface area contributed by atoms with Crippen molar-refractivity contribution in [2.45, 2.75) is 13.3 Å². The van der Waals surface area contributed by atoms with Gasteiger partial charge in [-0.05, 0) is 18.4 Å². The van der Waals surface area contributed by atoms with Crippen molar-refractivity contribution in [3.63, 3.8) is 0 Å². The maximum absolute atomic E-state index is 4.39. The number of fused-ring (bicyclic) bond motifs is 1. The van der Waals surface area contributed by atoms with Crippen LogP contribution in [0.5, 0.6) is 0 Å². The first kappa shape index (κ1) is 8.71. The van der Waals surface area contributed by atoms with Gasteiger partial charge in [-0.3, -0.25) is 0 Å². The predicted octanol–water partition coefficient (Wildman–Crippen LogP) is 1.80. The molecule has 2 aromatic rings. The molecule has 1 atom stereocenters. The van der Waals surface area contributed by atoms with Crippen LogP contribution in [-0.2, 0) is 0 Å². The Hall–Kier alpha value is -1.58. The zero-order chi connectivity index (χ0) is 10.3. The summed E-state index contributed by atoms with van der Waals surface area (Å²) in [6.07, 6.45) is 4.81. The van der Waals surface area contributed by atoms with E-state index in [1.54, 1.807) is 6.33 Å². The second kappa shape index (κ2) is 3.22. The quantitative estimate of drug-likeness (QED) is 0.767. The SMILES string of the molecule is C[C@@H]1CCN(c2ncnc3[nH]ccc23)C1. The third kappa shape index (κ3) is 1.37. The summed E-state index contributed by atoms with van der Waals surface area (Å²) in [6.45, 7) is 4.51. The summed E-state index contributed by atoms with van der Waals surface area (Å²) >= 11 is 0. The molecular weight excluding hydrogens is 188 g/mol. The van der Waals surface area contributed by atoms with Crippen molar-refractivity contribution in [2.75, 3.05) is 18.0 Å². The average Bonchev–Trinajstić information content (AvgIpc) is 2.84. The fourth-order valence-corrected chi connectivity index (χ4v) is 2.24. The van der Waals surface area contributed by atoms with Crippen LogP contribution in [0.4, 0.5) is 5.82 Å². The lowest BCUT2D eigenvalue weighted by atomic mass is 10.2. The van der Waals surface area contributed by atoms with Gasteiger partial charge in [-0.1, -0.05) is 6.92 Å². The normalized spacial score (nSPS) is 21.4. The summed E-state index contributed by atoms with van der Waals surface area (Å²) in [7, 11) is 0. The summed E-state index contributed by atoms with van der Waals surface area (Å²) in [6, 6.07) is 2.05. The molecule has 1 aliphatic rings. The van der Waals surface area contributed by atoms with Crippen LogP contribution in [-0.4, -0.2) is 28.0 Å². The molecule has 1 aliphatic heterocycles. The van der Waals surface area contributed by atoms with Gasteiger partial charge < -0.3 is 9.88 Å². The van der Waals surface area contributed by atoms with Gasteiger partial charge >= 0.3 is 0 Å². The fourth-order valence-electron chi connectivity index (χ4n) is 2.24. The van der Waals surface area contributed by atoms with Crippen molar-refractivity contribution in [3.8, 4) is 0 Å². The number of nitrogens with zero attached hydrogens (tertiary/aromatic N) is 3. The average molecular weight is 202 g/mol.